The number of nitrogens with one attached hydrogen (secondary N) is 2. The summed E-state index contributed by atoms with van der Waals surface area (Å²) in [7, 11) is 0. The number of morpholine rings is 1. The second kappa shape index (κ2) is 6.80. The van der Waals surface area contributed by atoms with Crippen molar-refractivity contribution in [2.75, 3.05) is 26.3 Å². The lowest BCUT2D eigenvalue weighted by Gasteiger charge is -2.26. The highest BCUT2D eigenvalue weighted by Gasteiger charge is 2.12. The van der Waals surface area contributed by atoms with Gasteiger partial charge in [0.25, 0.3) is 5.69 Å². The van der Waals surface area contributed by atoms with E-state index in [0.29, 0.717) is 26.3 Å². The summed E-state index contributed by atoms with van der Waals surface area (Å²) in [6.07, 6.45) is -0.703. The van der Waals surface area contributed by atoms with Crippen molar-refractivity contribution in [1.82, 2.24) is 16.0 Å². The minimum atomic E-state index is -0.703. The van der Waals surface area contributed by atoms with Gasteiger partial charge < -0.3 is 9.47 Å². The van der Waals surface area contributed by atoms with E-state index in [0.717, 1.165) is 0 Å². The molecular formula is C11H14N4O5. The molecule has 0 atom stereocenters. The van der Waals surface area contributed by atoms with Gasteiger partial charge in [-0.25, -0.2) is 15.2 Å². The Morgan fingerprint density at radius 2 is 1.95 bits per heavy atom. The first-order valence-electron chi connectivity index (χ1n) is 5.96. The van der Waals surface area contributed by atoms with Gasteiger partial charge in [0.1, 0.15) is 5.75 Å². The number of non-ortho nitro benzene ring substituents is 1. The van der Waals surface area contributed by atoms with E-state index in [1.54, 1.807) is 5.01 Å². The predicted molar refractivity (Wildman–Crippen MR) is 67.8 cm³/mol. The van der Waals surface area contributed by atoms with Crippen molar-refractivity contribution in [3.05, 3.63) is 34.4 Å². The van der Waals surface area contributed by atoms with Crippen LogP contribution in [0.15, 0.2) is 24.3 Å². The van der Waals surface area contributed by atoms with E-state index < -0.39 is 11.0 Å². The van der Waals surface area contributed by atoms with Crippen LogP contribution in [0, 0.1) is 10.1 Å². The van der Waals surface area contributed by atoms with Crippen LogP contribution in [0.1, 0.15) is 0 Å². The fraction of sp³-hybridized carbons (Fsp3) is 0.364. The van der Waals surface area contributed by atoms with Crippen molar-refractivity contribution in [1.29, 1.82) is 0 Å². The predicted octanol–water partition coefficient (Wildman–Crippen LogP) is 0.435. The summed E-state index contributed by atoms with van der Waals surface area (Å²) in [5.41, 5.74) is 4.99. The summed E-state index contributed by atoms with van der Waals surface area (Å²) in [6, 6.07) is 5.23. The number of rotatable bonds is 4. The molecule has 9 nitrogen and oxygen atoms in total. The molecule has 108 valence electrons. The summed E-state index contributed by atoms with van der Waals surface area (Å²) < 4.78 is 10.1. The molecule has 9 heteroatoms. The van der Waals surface area contributed by atoms with Crippen molar-refractivity contribution in [2.45, 2.75) is 0 Å². The first-order valence-corrected chi connectivity index (χ1v) is 5.96. The number of benzene rings is 1. The van der Waals surface area contributed by atoms with Gasteiger partial charge in [-0.15, -0.1) is 0 Å². The number of hydrogen-bond acceptors (Lipinski definition) is 7. The average Bonchev–Trinajstić information content (AvgIpc) is 2.47. The van der Waals surface area contributed by atoms with E-state index in [9.17, 15) is 14.9 Å². The molecule has 0 aromatic heterocycles. The van der Waals surface area contributed by atoms with E-state index in [-0.39, 0.29) is 11.4 Å². The smallest absolute Gasteiger partial charge is 0.409 e. The maximum Gasteiger partial charge on any atom is 0.428 e. The third-order valence-electron chi connectivity index (χ3n) is 2.59. The van der Waals surface area contributed by atoms with Gasteiger partial charge in [0.15, 0.2) is 0 Å². The SMILES string of the molecule is O=C(NNN1CCOCC1)Oc1ccc([N+](=O)[O-])cc1. The highest BCUT2D eigenvalue weighted by Crippen LogP contribution is 2.17. The molecule has 2 N–H and O–H groups in total. The topological polar surface area (TPSA) is 106 Å². The number of hydrogen-bond donors (Lipinski definition) is 2. The van der Waals surface area contributed by atoms with E-state index in [1.807, 2.05) is 0 Å². The third-order valence-corrected chi connectivity index (χ3v) is 2.59. The van der Waals surface area contributed by atoms with E-state index >= 15 is 0 Å². The lowest BCUT2D eigenvalue weighted by atomic mass is 10.3. The van der Waals surface area contributed by atoms with Crippen molar-refractivity contribution in [2.24, 2.45) is 0 Å². The largest absolute Gasteiger partial charge is 0.428 e. The Kier molecular flexibility index (Phi) is 4.82. The molecule has 1 aliphatic rings. The molecule has 1 aliphatic heterocycles. The van der Waals surface area contributed by atoms with Crippen LogP contribution in [-0.4, -0.2) is 42.3 Å². The van der Waals surface area contributed by atoms with Gasteiger partial charge in [-0.05, 0) is 12.1 Å². The number of carbonyl (C=O) groups is 1. The summed E-state index contributed by atoms with van der Waals surface area (Å²) in [5, 5.41) is 12.3. The Balaban J connectivity index is 1.77. The second-order valence-electron chi connectivity index (χ2n) is 3.98. The Bertz CT molecular complexity index is 472. The van der Waals surface area contributed by atoms with Crippen molar-refractivity contribution in [3.8, 4) is 5.75 Å². The van der Waals surface area contributed by atoms with Crippen LogP contribution >= 0.6 is 0 Å². The highest BCUT2D eigenvalue weighted by atomic mass is 16.6. The monoisotopic (exact) mass is 282 g/mol. The minimum absolute atomic E-state index is 0.0656. The fourth-order valence-corrected chi connectivity index (χ4v) is 1.57. The molecule has 0 spiro atoms. The van der Waals surface area contributed by atoms with Gasteiger partial charge in [-0.2, -0.15) is 5.53 Å². The molecule has 0 aliphatic carbocycles. The van der Waals surface area contributed by atoms with Crippen LogP contribution in [-0.2, 0) is 4.74 Å². The third kappa shape index (κ3) is 4.16. The van der Waals surface area contributed by atoms with Gasteiger partial charge in [-0.1, -0.05) is 0 Å². The first-order chi connectivity index (χ1) is 9.65. The first kappa shape index (κ1) is 14.2. The summed E-state index contributed by atoms with van der Waals surface area (Å²) >= 11 is 0. The summed E-state index contributed by atoms with van der Waals surface area (Å²) in [6.45, 7) is 2.48. The van der Waals surface area contributed by atoms with Gasteiger partial charge >= 0.3 is 6.09 Å². The Morgan fingerprint density at radius 3 is 2.55 bits per heavy atom. The number of ether oxygens (including phenoxy) is 2. The quantitative estimate of drug-likeness (QED) is 0.609. The van der Waals surface area contributed by atoms with Gasteiger partial charge in [0.05, 0.1) is 18.1 Å². The molecule has 2 rings (SSSR count). The molecule has 20 heavy (non-hydrogen) atoms. The number of carbonyl (C=O) groups excluding carboxylic acids is 1. The Morgan fingerprint density at radius 1 is 1.30 bits per heavy atom. The zero-order chi connectivity index (χ0) is 14.4. The summed E-state index contributed by atoms with van der Waals surface area (Å²) in [4.78, 5) is 21.4. The molecule has 0 bridgehead atoms. The average molecular weight is 282 g/mol. The molecule has 1 saturated heterocycles. The zero-order valence-corrected chi connectivity index (χ0v) is 10.6. The molecule has 1 heterocycles. The van der Waals surface area contributed by atoms with Crippen molar-refractivity contribution >= 4 is 11.8 Å². The lowest BCUT2D eigenvalue weighted by Crippen LogP contribution is -2.54. The summed E-state index contributed by atoms with van der Waals surface area (Å²) in [5.74, 6) is 0.219. The van der Waals surface area contributed by atoms with Crippen LogP contribution in [0.5, 0.6) is 5.75 Å². The number of amides is 1. The fourth-order valence-electron chi connectivity index (χ4n) is 1.57. The maximum absolute atomic E-state index is 11.5. The molecule has 0 saturated carbocycles. The van der Waals surface area contributed by atoms with E-state index in [1.165, 1.54) is 24.3 Å². The number of nitro benzene ring substituents is 1. The van der Waals surface area contributed by atoms with E-state index in [4.69, 9.17) is 9.47 Å². The molecule has 0 unspecified atom stereocenters. The maximum atomic E-state index is 11.5. The van der Waals surface area contributed by atoms with Gasteiger partial charge in [-0.3, -0.25) is 10.1 Å². The minimum Gasteiger partial charge on any atom is -0.409 e. The number of hydrazine groups is 2. The Hall–Kier alpha value is -2.23. The molecule has 0 radical (unpaired) electrons. The lowest BCUT2D eigenvalue weighted by molar-refractivity contribution is -0.384. The van der Waals surface area contributed by atoms with Crippen LogP contribution in [0.3, 0.4) is 0 Å². The Labute approximate surface area is 114 Å². The number of nitro groups is 1. The zero-order valence-electron chi connectivity index (χ0n) is 10.6. The highest BCUT2D eigenvalue weighted by molar-refractivity contribution is 5.69. The molecule has 1 aromatic rings. The van der Waals surface area contributed by atoms with E-state index in [2.05, 4.69) is 11.0 Å². The molecule has 1 fully saturated rings. The van der Waals surface area contributed by atoms with Crippen molar-refractivity contribution < 1.29 is 19.2 Å². The molecule has 1 aromatic carbocycles. The second-order valence-corrected chi connectivity index (χ2v) is 3.98. The molecule has 1 amide bonds. The number of nitrogens with zero attached hydrogens (tertiary/aromatic N) is 2. The van der Waals surface area contributed by atoms with Gasteiger partial charge in [0.2, 0.25) is 0 Å². The van der Waals surface area contributed by atoms with Crippen LogP contribution in [0.2, 0.25) is 0 Å². The van der Waals surface area contributed by atoms with Crippen LogP contribution < -0.4 is 15.7 Å². The normalized spacial score (nSPS) is 15.6. The molecular weight excluding hydrogens is 268 g/mol. The van der Waals surface area contributed by atoms with Gasteiger partial charge in [0, 0.05) is 25.2 Å². The van der Waals surface area contributed by atoms with Crippen molar-refractivity contribution in [3.63, 3.8) is 0 Å². The van der Waals surface area contributed by atoms with Crippen LogP contribution in [0.25, 0.3) is 0 Å². The standard InChI is InChI=1S/C11H14N4O5/c16-11(12-13-14-5-7-19-8-6-14)20-10-3-1-9(2-4-10)15(17)18/h1-4,13H,5-8H2,(H,12,16). The van der Waals surface area contributed by atoms with Crippen LogP contribution in [0.4, 0.5) is 10.5 Å².